The van der Waals surface area contributed by atoms with E-state index in [0.29, 0.717) is 27.6 Å². The summed E-state index contributed by atoms with van der Waals surface area (Å²) in [6.07, 6.45) is 0.748. The number of carbonyl (C=O) groups is 1. The van der Waals surface area contributed by atoms with Gasteiger partial charge in [-0.25, -0.2) is 0 Å². The maximum Gasteiger partial charge on any atom is 0.297 e. The van der Waals surface area contributed by atoms with Crippen LogP contribution in [0.1, 0.15) is 46.6 Å². The highest BCUT2D eigenvalue weighted by atomic mass is 32.1. The summed E-state index contributed by atoms with van der Waals surface area (Å²) in [7, 11) is 0. The van der Waals surface area contributed by atoms with Gasteiger partial charge >= 0.3 is 0 Å². The molecule has 0 aliphatic carbocycles. The molecule has 1 aliphatic rings. The predicted molar refractivity (Wildman–Crippen MR) is 118 cm³/mol. The van der Waals surface area contributed by atoms with Crippen molar-refractivity contribution in [2.45, 2.75) is 26.3 Å². The topological polar surface area (TPSA) is 96.5 Å². The molecule has 7 nitrogen and oxygen atoms in total. The molecule has 0 saturated carbocycles. The number of rotatable bonds is 4. The van der Waals surface area contributed by atoms with Crippen LogP contribution < -0.4 is 10.3 Å². The molecule has 2 aromatic heterocycles. The van der Waals surface area contributed by atoms with Gasteiger partial charge in [0.1, 0.15) is 16.3 Å². The summed E-state index contributed by atoms with van der Waals surface area (Å²) in [6.45, 7) is 4.18. The number of hydrogen-bond donors (Lipinski definition) is 1. The van der Waals surface area contributed by atoms with Crippen molar-refractivity contribution in [3.8, 4) is 5.75 Å². The molecule has 31 heavy (non-hydrogen) atoms. The Balaban J connectivity index is 1.73. The Labute approximate surface area is 181 Å². The first kappa shape index (κ1) is 19.4. The van der Waals surface area contributed by atoms with Gasteiger partial charge in [-0.1, -0.05) is 49.4 Å². The van der Waals surface area contributed by atoms with Crippen molar-refractivity contribution in [3.63, 3.8) is 0 Å². The minimum absolute atomic E-state index is 0.0161. The number of aromatic hydroxyl groups is 1. The van der Waals surface area contributed by atoms with Gasteiger partial charge in [-0.3, -0.25) is 14.5 Å². The summed E-state index contributed by atoms with van der Waals surface area (Å²) in [5.41, 5.74) is 1.06. The fourth-order valence-corrected chi connectivity index (χ4v) is 4.94. The fourth-order valence-electron chi connectivity index (χ4n) is 3.86. The van der Waals surface area contributed by atoms with E-state index < -0.39 is 11.9 Å². The molecule has 1 N–H and O–H groups in total. The Bertz CT molecular complexity index is 1360. The monoisotopic (exact) mass is 433 g/mol. The van der Waals surface area contributed by atoms with E-state index in [9.17, 15) is 14.7 Å². The number of aromatic nitrogens is 2. The summed E-state index contributed by atoms with van der Waals surface area (Å²) in [5.74, 6) is 0.0832. The van der Waals surface area contributed by atoms with Crippen LogP contribution in [0.4, 0.5) is 5.13 Å². The molecule has 2 aromatic carbocycles. The minimum Gasteiger partial charge on any atom is -0.508 e. The van der Waals surface area contributed by atoms with Gasteiger partial charge in [0, 0.05) is 6.42 Å². The van der Waals surface area contributed by atoms with Gasteiger partial charge in [0.05, 0.1) is 17.0 Å². The highest BCUT2D eigenvalue weighted by Gasteiger charge is 2.45. The molecule has 0 radical (unpaired) electrons. The van der Waals surface area contributed by atoms with Crippen LogP contribution >= 0.6 is 11.3 Å². The second-order valence-corrected chi connectivity index (χ2v) is 8.96. The van der Waals surface area contributed by atoms with Crippen molar-refractivity contribution < 1.29 is 14.3 Å². The van der Waals surface area contributed by atoms with E-state index in [4.69, 9.17) is 4.42 Å². The van der Waals surface area contributed by atoms with Crippen LogP contribution in [-0.2, 0) is 6.42 Å². The molecule has 156 valence electrons. The Morgan fingerprint density at radius 2 is 1.84 bits per heavy atom. The molecule has 1 atom stereocenters. The number of phenolic OH excluding ortho intramolecular Hbond substituents is 1. The molecule has 0 unspecified atom stereocenters. The van der Waals surface area contributed by atoms with E-state index in [0.717, 1.165) is 11.4 Å². The van der Waals surface area contributed by atoms with Crippen molar-refractivity contribution >= 4 is 33.3 Å². The van der Waals surface area contributed by atoms with E-state index in [-0.39, 0.29) is 22.5 Å². The third-order valence-electron chi connectivity index (χ3n) is 5.23. The number of hydrogen-bond acceptors (Lipinski definition) is 7. The largest absolute Gasteiger partial charge is 0.508 e. The van der Waals surface area contributed by atoms with Gasteiger partial charge in [-0.15, -0.1) is 10.2 Å². The predicted octanol–water partition coefficient (Wildman–Crippen LogP) is 4.30. The zero-order valence-corrected chi connectivity index (χ0v) is 17.7. The van der Waals surface area contributed by atoms with Crippen LogP contribution in [0.25, 0.3) is 11.0 Å². The average molecular weight is 433 g/mol. The lowest BCUT2D eigenvalue weighted by molar-refractivity contribution is 0.0970. The quantitative estimate of drug-likeness (QED) is 0.515. The maximum absolute atomic E-state index is 13.5. The summed E-state index contributed by atoms with van der Waals surface area (Å²) in [6, 6.07) is 12.6. The van der Waals surface area contributed by atoms with Gasteiger partial charge in [0.2, 0.25) is 10.9 Å². The summed E-state index contributed by atoms with van der Waals surface area (Å²) < 4.78 is 5.91. The molecule has 8 heteroatoms. The van der Waals surface area contributed by atoms with Crippen LogP contribution in [0.5, 0.6) is 5.75 Å². The highest BCUT2D eigenvalue weighted by molar-refractivity contribution is 7.15. The van der Waals surface area contributed by atoms with Crippen LogP contribution in [0.2, 0.25) is 0 Å². The number of benzene rings is 2. The van der Waals surface area contributed by atoms with Crippen LogP contribution in [0.3, 0.4) is 0 Å². The molecular weight excluding hydrogens is 414 g/mol. The molecule has 0 spiro atoms. The summed E-state index contributed by atoms with van der Waals surface area (Å²) in [4.78, 5) is 28.4. The first-order valence-corrected chi connectivity index (χ1v) is 10.8. The smallest absolute Gasteiger partial charge is 0.297 e. The molecule has 0 fully saturated rings. The lowest BCUT2D eigenvalue weighted by Crippen LogP contribution is -2.29. The summed E-state index contributed by atoms with van der Waals surface area (Å²) >= 11 is 1.33. The second kappa shape index (κ2) is 7.31. The zero-order chi connectivity index (χ0) is 21.7. The Kier molecular flexibility index (Phi) is 4.59. The molecule has 5 rings (SSSR count). The SMILES string of the molecule is CC(C)Cc1nnc(N2C(=O)c3oc4ccccc4c(=O)c3[C@H]2c2ccc(O)cc2)s1. The van der Waals surface area contributed by atoms with Crippen LogP contribution in [-0.4, -0.2) is 21.2 Å². The minimum atomic E-state index is -0.719. The molecular formula is C23H19N3O4S. The molecule has 4 aromatic rings. The van der Waals surface area contributed by atoms with Gasteiger partial charge in [0.15, 0.2) is 5.43 Å². The number of nitrogens with zero attached hydrogens (tertiary/aromatic N) is 3. The number of carbonyl (C=O) groups excluding carboxylic acids is 1. The Morgan fingerprint density at radius 3 is 2.58 bits per heavy atom. The van der Waals surface area contributed by atoms with Crippen molar-refractivity contribution in [2.24, 2.45) is 5.92 Å². The van der Waals surface area contributed by atoms with Crippen LogP contribution in [0, 0.1) is 5.92 Å². The highest BCUT2D eigenvalue weighted by Crippen LogP contribution is 2.42. The number of amides is 1. The third kappa shape index (κ3) is 3.19. The maximum atomic E-state index is 13.5. The fraction of sp³-hybridized carbons (Fsp3) is 0.217. The molecule has 1 amide bonds. The van der Waals surface area contributed by atoms with Gasteiger partial charge in [-0.05, 0) is 35.7 Å². The second-order valence-electron chi connectivity index (χ2n) is 7.92. The van der Waals surface area contributed by atoms with E-state index in [2.05, 4.69) is 24.0 Å². The molecule has 0 saturated heterocycles. The molecule has 0 bridgehead atoms. The molecule has 3 heterocycles. The van der Waals surface area contributed by atoms with Gasteiger partial charge in [0.25, 0.3) is 5.91 Å². The van der Waals surface area contributed by atoms with Gasteiger partial charge < -0.3 is 9.52 Å². The number of phenols is 1. The molecule has 1 aliphatic heterocycles. The Hall–Kier alpha value is -3.52. The van der Waals surface area contributed by atoms with Crippen LogP contribution in [0.15, 0.2) is 57.7 Å². The number of para-hydroxylation sites is 1. The van der Waals surface area contributed by atoms with Crippen molar-refractivity contribution in [2.75, 3.05) is 4.90 Å². The van der Waals surface area contributed by atoms with E-state index >= 15 is 0 Å². The van der Waals surface area contributed by atoms with E-state index in [1.165, 1.54) is 28.4 Å². The van der Waals surface area contributed by atoms with Crippen molar-refractivity contribution in [1.82, 2.24) is 10.2 Å². The van der Waals surface area contributed by atoms with Crippen molar-refractivity contribution in [1.29, 1.82) is 0 Å². The number of fused-ring (bicyclic) bond motifs is 2. The van der Waals surface area contributed by atoms with E-state index in [1.807, 2.05) is 0 Å². The average Bonchev–Trinajstić information content (AvgIpc) is 3.31. The lowest BCUT2D eigenvalue weighted by atomic mass is 9.98. The summed E-state index contributed by atoms with van der Waals surface area (Å²) in [5, 5.41) is 19.9. The third-order valence-corrected chi connectivity index (χ3v) is 6.18. The first-order valence-electron chi connectivity index (χ1n) is 9.94. The standard InChI is InChI=1S/C23H19N3O4S/c1-12(2)11-17-24-25-23(31-17)26-19(13-7-9-14(27)10-8-13)18-20(28)15-5-3-4-6-16(15)30-21(18)22(26)29/h3-10,12,19,27H,11H2,1-2H3/t19-/m1/s1. The first-order chi connectivity index (χ1) is 14.9. The normalized spacial score (nSPS) is 15.8. The number of anilines is 1. The van der Waals surface area contributed by atoms with Gasteiger partial charge in [-0.2, -0.15) is 0 Å². The van der Waals surface area contributed by atoms with E-state index in [1.54, 1.807) is 36.4 Å². The van der Waals surface area contributed by atoms with Crippen molar-refractivity contribution in [3.05, 3.63) is 80.6 Å². The Morgan fingerprint density at radius 1 is 1.10 bits per heavy atom. The lowest BCUT2D eigenvalue weighted by Gasteiger charge is -2.22. The zero-order valence-electron chi connectivity index (χ0n) is 16.9.